The van der Waals surface area contributed by atoms with Gasteiger partial charge in [0.2, 0.25) is 0 Å². The summed E-state index contributed by atoms with van der Waals surface area (Å²) in [6.45, 7) is 2.44. The van der Waals surface area contributed by atoms with Crippen molar-refractivity contribution in [2.45, 2.75) is 0 Å². The van der Waals surface area contributed by atoms with Gasteiger partial charge in [0.25, 0.3) is 0 Å². The fourth-order valence-corrected chi connectivity index (χ4v) is 2.76. The first-order chi connectivity index (χ1) is 10.6. The number of nitrogens with zero attached hydrogens (tertiary/aromatic N) is 4. The van der Waals surface area contributed by atoms with Crippen LogP contribution in [0.3, 0.4) is 0 Å². The lowest BCUT2D eigenvalue weighted by Crippen LogP contribution is -2.48. The van der Waals surface area contributed by atoms with Crippen LogP contribution in [-0.4, -0.2) is 61.4 Å². The number of benzene rings is 1. The highest BCUT2D eigenvalue weighted by Crippen LogP contribution is 2.28. The Hall–Kier alpha value is -2.50. The van der Waals surface area contributed by atoms with Crippen molar-refractivity contribution in [2.24, 2.45) is 0 Å². The quantitative estimate of drug-likeness (QED) is 0.920. The Bertz CT molecular complexity index is 694. The lowest BCUT2D eigenvalue weighted by Gasteiger charge is -2.35. The molecule has 0 unspecified atom stereocenters. The topological polar surface area (TPSA) is 59.9 Å². The predicted molar refractivity (Wildman–Crippen MR) is 87.9 cm³/mol. The van der Waals surface area contributed by atoms with Gasteiger partial charge < -0.3 is 19.8 Å². The number of hydrogen-bond donors (Lipinski definition) is 1. The van der Waals surface area contributed by atoms with Crippen LogP contribution in [0, 0.1) is 0 Å². The Balaban J connectivity index is 1.93. The largest absolute Gasteiger partial charge is 0.465 e. The summed E-state index contributed by atoms with van der Waals surface area (Å²) < 4.78 is 0. The fraction of sp³-hybridized carbons (Fsp3) is 0.375. The smallest absolute Gasteiger partial charge is 0.407 e. The van der Waals surface area contributed by atoms with Crippen molar-refractivity contribution in [3.05, 3.63) is 30.3 Å². The van der Waals surface area contributed by atoms with E-state index in [4.69, 9.17) is 10.1 Å². The molecular formula is C16H20N4O2. The molecule has 0 spiro atoms. The molecule has 6 nitrogen and oxygen atoms in total. The minimum atomic E-state index is -0.842. The SMILES string of the molecule is CN(C)c1ccc2cccc(N3CCN(C(=O)O)CC3)c2n1. The summed E-state index contributed by atoms with van der Waals surface area (Å²) in [5.41, 5.74) is 2.05. The number of pyridine rings is 1. The van der Waals surface area contributed by atoms with E-state index in [0.29, 0.717) is 26.2 Å². The number of para-hydroxylation sites is 1. The van der Waals surface area contributed by atoms with Crippen LogP contribution in [-0.2, 0) is 0 Å². The summed E-state index contributed by atoms with van der Waals surface area (Å²) in [7, 11) is 3.95. The van der Waals surface area contributed by atoms with Gasteiger partial charge in [-0.3, -0.25) is 0 Å². The third-order valence-corrected chi connectivity index (χ3v) is 4.03. The van der Waals surface area contributed by atoms with Crippen LogP contribution in [0.2, 0.25) is 0 Å². The lowest BCUT2D eigenvalue weighted by molar-refractivity contribution is 0.142. The zero-order valence-corrected chi connectivity index (χ0v) is 12.9. The highest BCUT2D eigenvalue weighted by atomic mass is 16.4. The molecule has 22 heavy (non-hydrogen) atoms. The van der Waals surface area contributed by atoms with E-state index in [1.807, 2.05) is 31.1 Å². The van der Waals surface area contributed by atoms with Gasteiger partial charge in [-0.25, -0.2) is 9.78 Å². The lowest BCUT2D eigenvalue weighted by atomic mass is 10.1. The number of carboxylic acid groups (broad SMARTS) is 1. The third kappa shape index (κ3) is 2.64. The molecule has 6 heteroatoms. The first-order valence-electron chi connectivity index (χ1n) is 7.36. The second kappa shape index (κ2) is 5.71. The van der Waals surface area contributed by atoms with Gasteiger partial charge in [0, 0.05) is 45.7 Å². The maximum atomic E-state index is 11.0. The number of rotatable bonds is 2. The van der Waals surface area contributed by atoms with E-state index in [0.717, 1.165) is 22.4 Å². The monoisotopic (exact) mass is 300 g/mol. The van der Waals surface area contributed by atoms with E-state index in [9.17, 15) is 4.79 Å². The van der Waals surface area contributed by atoms with E-state index < -0.39 is 6.09 Å². The molecule has 2 aromatic rings. The first-order valence-corrected chi connectivity index (χ1v) is 7.36. The molecular weight excluding hydrogens is 280 g/mol. The van der Waals surface area contributed by atoms with Crippen molar-refractivity contribution in [1.29, 1.82) is 0 Å². The standard InChI is InChI=1S/C16H20N4O2/c1-18(2)14-7-6-12-4-3-5-13(15(12)17-14)19-8-10-20(11-9-19)16(21)22/h3-7H,8-11H2,1-2H3,(H,21,22). The van der Waals surface area contributed by atoms with Crippen molar-refractivity contribution < 1.29 is 9.90 Å². The van der Waals surface area contributed by atoms with Crippen LogP contribution in [0.1, 0.15) is 0 Å². The van der Waals surface area contributed by atoms with E-state index >= 15 is 0 Å². The summed E-state index contributed by atoms with van der Waals surface area (Å²) in [6.07, 6.45) is -0.842. The van der Waals surface area contributed by atoms with Gasteiger partial charge in [-0.15, -0.1) is 0 Å². The minimum Gasteiger partial charge on any atom is -0.465 e. The minimum absolute atomic E-state index is 0.527. The molecule has 116 valence electrons. The molecule has 1 aromatic heterocycles. The molecule has 0 aliphatic carbocycles. The molecule has 0 atom stereocenters. The first kappa shape index (κ1) is 14.4. The van der Waals surface area contributed by atoms with E-state index in [1.165, 1.54) is 4.90 Å². The summed E-state index contributed by atoms with van der Waals surface area (Å²) >= 11 is 0. The maximum absolute atomic E-state index is 11.0. The Kier molecular flexibility index (Phi) is 3.75. The van der Waals surface area contributed by atoms with Crippen molar-refractivity contribution in [1.82, 2.24) is 9.88 Å². The van der Waals surface area contributed by atoms with E-state index in [1.54, 1.807) is 0 Å². The van der Waals surface area contributed by atoms with Crippen LogP contribution >= 0.6 is 0 Å². The number of piperazine rings is 1. The third-order valence-electron chi connectivity index (χ3n) is 4.03. The van der Waals surface area contributed by atoms with Gasteiger partial charge in [-0.05, 0) is 18.2 Å². The highest BCUT2D eigenvalue weighted by molar-refractivity contribution is 5.92. The molecule has 2 heterocycles. The molecule has 1 saturated heterocycles. The molecule has 0 saturated carbocycles. The number of amides is 1. The molecule has 1 amide bonds. The molecule has 0 bridgehead atoms. The summed E-state index contributed by atoms with van der Waals surface area (Å²) in [5.74, 6) is 0.920. The maximum Gasteiger partial charge on any atom is 0.407 e. The van der Waals surface area contributed by atoms with Crippen molar-refractivity contribution in [3.63, 3.8) is 0 Å². The molecule has 1 fully saturated rings. The second-order valence-electron chi connectivity index (χ2n) is 5.67. The van der Waals surface area contributed by atoms with Crippen LogP contribution < -0.4 is 9.80 Å². The van der Waals surface area contributed by atoms with Crippen LogP contribution in [0.5, 0.6) is 0 Å². The van der Waals surface area contributed by atoms with Gasteiger partial charge in [-0.2, -0.15) is 0 Å². The zero-order valence-electron chi connectivity index (χ0n) is 12.9. The summed E-state index contributed by atoms with van der Waals surface area (Å²) in [4.78, 5) is 21.4. The average Bonchev–Trinajstić information content (AvgIpc) is 2.53. The molecule has 1 N–H and O–H groups in total. The van der Waals surface area contributed by atoms with Gasteiger partial charge in [-0.1, -0.05) is 12.1 Å². The van der Waals surface area contributed by atoms with Crippen molar-refractivity contribution in [2.75, 3.05) is 50.1 Å². The highest BCUT2D eigenvalue weighted by Gasteiger charge is 2.22. The van der Waals surface area contributed by atoms with Gasteiger partial charge in [0.05, 0.1) is 11.2 Å². The van der Waals surface area contributed by atoms with Crippen molar-refractivity contribution in [3.8, 4) is 0 Å². The number of anilines is 2. The average molecular weight is 300 g/mol. The fourth-order valence-electron chi connectivity index (χ4n) is 2.76. The number of hydrogen-bond acceptors (Lipinski definition) is 4. The van der Waals surface area contributed by atoms with E-state index in [2.05, 4.69) is 23.1 Å². The predicted octanol–water partition coefficient (Wildman–Crippen LogP) is 2.10. The van der Waals surface area contributed by atoms with Crippen LogP contribution in [0.4, 0.5) is 16.3 Å². The van der Waals surface area contributed by atoms with Gasteiger partial charge >= 0.3 is 6.09 Å². The van der Waals surface area contributed by atoms with Crippen LogP contribution in [0.25, 0.3) is 10.9 Å². The summed E-state index contributed by atoms with van der Waals surface area (Å²) in [6, 6.07) is 10.2. The van der Waals surface area contributed by atoms with Gasteiger partial charge in [0.15, 0.2) is 0 Å². The zero-order chi connectivity index (χ0) is 15.7. The molecule has 1 aliphatic rings. The molecule has 0 radical (unpaired) electrons. The Morgan fingerprint density at radius 3 is 2.50 bits per heavy atom. The van der Waals surface area contributed by atoms with E-state index in [-0.39, 0.29) is 0 Å². The number of aromatic nitrogens is 1. The Labute approximate surface area is 129 Å². The molecule has 3 rings (SSSR count). The van der Waals surface area contributed by atoms with Gasteiger partial charge in [0.1, 0.15) is 5.82 Å². The number of carbonyl (C=O) groups is 1. The summed E-state index contributed by atoms with van der Waals surface area (Å²) in [5, 5.41) is 10.2. The molecule has 1 aliphatic heterocycles. The Morgan fingerprint density at radius 2 is 1.86 bits per heavy atom. The number of fused-ring (bicyclic) bond motifs is 1. The Morgan fingerprint density at radius 1 is 1.14 bits per heavy atom. The van der Waals surface area contributed by atoms with Crippen molar-refractivity contribution >= 4 is 28.5 Å². The normalized spacial score (nSPS) is 15.2. The van der Waals surface area contributed by atoms with Crippen LogP contribution in [0.15, 0.2) is 30.3 Å². The second-order valence-corrected chi connectivity index (χ2v) is 5.67. The molecule has 1 aromatic carbocycles.